The van der Waals surface area contributed by atoms with E-state index < -0.39 is 23.7 Å². The second-order valence-electron chi connectivity index (χ2n) is 5.74. The van der Waals surface area contributed by atoms with Crippen molar-refractivity contribution in [3.05, 3.63) is 41.7 Å². The number of aryl methyl sites for hydroxylation is 1. The Morgan fingerprint density at radius 3 is 2.56 bits per heavy atom. The van der Waals surface area contributed by atoms with Gasteiger partial charge in [0.15, 0.2) is 0 Å². The van der Waals surface area contributed by atoms with Crippen LogP contribution in [0.2, 0.25) is 0 Å². The van der Waals surface area contributed by atoms with Gasteiger partial charge in [-0.05, 0) is 18.1 Å². The number of carbonyl (C=O) groups excluding carboxylic acids is 1. The third-order valence-electron chi connectivity index (χ3n) is 4.04. The van der Waals surface area contributed by atoms with E-state index in [0.717, 1.165) is 0 Å². The Bertz CT molecular complexity index is 775. The van der Waals surface area contributed by atoms with Crippen molar-refractivity contribution < 1.29 is 19.1 Å². The van der Waals surface area contributed by atoms with E-state index in [1.807, 2.05) is 13.8 Å². The van der Waals surface area contributed by atoms with E-state index in [1.165, 1.54) is 16.8 Å². The fourth-order valence-electron chi connectivity index (χ4n) is 2.37. The third-order valence-corrected chi connectivity index (χ3v) is 4.04. The maximum atomic E-state index is 14.0. The van der Waals surface area contributed by atoms with Crippen molar-refractivity contribution in [2.75, 3.05) is 0 Å². The maximum Gasteiger partial charge on any atom is 0.326 e. The molecular formula is C17H21FN4O3. The first-order valence-electron chi connectivity index (χ1n) is 8.13. The number of rotatable bonds is 7. The quantitative estimate of drug-likeness (QED) is 0.799. The van der Waals surface area contributed by atoms with Crippen molar-refractivity contribution >= 4 is 11.9 Å². The van der Waals surface area contributed by atoms with E-state index in [-0.39, 0.29) is 17.4 Å². The van der Waals surface area contributed by atoms with Crippen LogP contribution in [-0.4, -0.2) is 37.8 Å². The minimum atomic E-state index is -1.12. The molecule has 0 radical (unpaired) electrons. The predicted octanol–water partition coefficient (Wildman–Crippen LogP) is 2.20. The van der Waals surface area contributed by atoms with Crippen LogP contribution in [0.5, 0.6) is 0 Å². The summed E-state index contributed by atoms with van der Waals surface area (Å²) in [6, 6.07) is 4.99. The zero-order valence-corrected chi connectivity index (χ0v) is 14.4. The van der Waals surface area contributed by atoms with Gasteiger partial charge in [-0.1, -0.05) is 39.3 Å². The van der Waals surface area contributed by atoms with Crippen molar-refractivity contribution in [1.29, 1.82) is 0 Å². The minimum absolute atomic E-state index is 0.183. The van der Waals surface area contributed by atoms with E-state index >= 15 is 0 Å². The van der Waals surface area contributed by atoms with Crippen LogP contribution in [0, 0.1) is 11.7 Å². The first kappa shape index (κ1) is 18.6. The molecule has 0 unspecified atom stereocenters. The molecule has 0 aliphatic carbocycles. The van der Waals surface area contributed by atoms with Crippen molar-refractivity contribution in [2.45, 2.75) is 39.7 Å². The van der Waals surface area contributed by atoms with Gasteiger partial charge >= 0.3 is 5.97 Å². The van der Waals surface area contributed by atoms with Crippen LogP contribution in [0.25, 0.3) is 5.69 Å². The number of aliphatic carboxylic acids is 1. The van der Waals surface area contributed by atoms with Crippen molar-refractivity contribution in [3.8, 4) is 5.69 Å². The second-order valence-corrected chi connectivity index (χ2v) is 5.74. The van der Waals surface area contributed by atoms with Gasteiger partial charge in [0.2, 0.25) is 5.82 Å². The van der Waals surface area contributed by atoms with Crippen molar-refractivity contribution in [3.63, 3.8) is 0 Å². The van der Waals surface area contributed by atoms with Gasteiger partial charge in [0, 0.05) is 6.42 Å². The van der Waals surface area contributed by atoms with Gasteiger partial charge < -0.3 is 10.4 Å². The van der Waals surface area contributed by atoms with Crippen LogP contribution in [0.15, 0.2) is 24.3 Å². The number of hydrogen-bond donors (Lipinski definition) is 2. The van der Waals surface area contributed by atoms with Gasteiger partial charge in [-0.15, -0.1) is 5.10 Å². The summed E-state index contributed by atoms with van der Waals surface area (Å²) in [5.41, 5.74) is 0.183. The molecule has 0 aliphatic heterocycles. The molecule has 1 heterocycles. The first-order valence-corrected chi connectivity index (χ1v) is 8.13. The molecule has 2 aromatic rings. The summed E-state index contributed by atoms with van der Waals surface area (Å²) >= 11 is 0. The Hall–Kier alpha value is -2.77. The molecule has 2 atom stereocenters. The average molecular weight is 348 g/mol. The van der Waals surface area contributed by atoms with E-state index in [2.05, 4.69) is 15.4 Å². The Kier molecular flexibility index (Phi) is 5.84. The first-order chi connectivity index (χ1) is 11.9. The molecule has 134 valence electrons. The van der Waals surface area contributed by atoms with Crippen LogP contribution in [0.3, 0.4) is 0 Å². The maximum absolute atomic E-state index is 14.0. The number of halogens is 1. The lowest BCUT2D eigenvalue weighted by atomic mass is 9.99. The summed E-state index contributed by atoms with van der Waals surface area (Å²) in [6.45, 7) is 5.39. The summed E-state index contributed by atoms with van der Waals surface area (Å²) in [7, 11) is 0. The number of carboxylic acid groups (broad SMARTS) is 1. The summed E-state index contributed by atoms with van der Waals surface area (Å²) in [5, 5.41) is 15.8. The highest BCUT2D eigenvalue weighted by molar-refractivity contribution is 5.93. The fourth-order valence-corrected chi connectivity index (χ4v) is 2.37. The lowest BCUT2D eigenvalue weighted by Gasteiger charge is -2.19. The van der Waals surface area contributed by atoms with E-state index in [9.17, 15) is 19.1 Å². The third kappa shape index (κ3) is 4.01. The molecule has 0 aliphatic rings. The van der Waals surface area contributed by atoms with Gasteiger partial charge in [-0.3, -0.25) is 4.79 Å². The van der Waals surface area contributed by atoms with Gasteiger partial charge in [-0.25, -0.2) is 18.9 Å². The topological polar surface area (TPSA) is 97.1 Å². The predicted molar refractivity (Wildman–Crippen MR) is 89.0 cm³/mol. The molecule has 1 aromatic heterocycles. The zero-order chi connectivity index (χ0) is 18.6. The number of amides is 1. The number of para-hydroxylation sites is 1. The molecular weight excluding hydrogens is 327 g/mol. The van der Waals surface area contributed by atoms with Gasteiger partial charge in [-0.2, -0.15) is 0 Å². The van der Waals surface area contributed by atoms with Gasteiger partial charge in [0.25, 0.3) is 5.91 Å². The van der Waals surface area contributed by atoms with Crippen molar-refractivity contribution in [1.82, 2.24) is 20.1 Å². The average Bonchev–Trinajstić information content (AvgIpc) is 3.03. The molecule has 0 saturated carbocycles. The molecule has 25 heavy (non-hydrogen) atoms. The van der Waals surface area contributed by atoms with Crippen LogP contribution in [0.1, 0.15) is 43.6 Å². The molecule has 7 nitrogen and oxygen atoms in total. The molecule has 2 N–H and O–H groups in total. The van der Waals surface area contributed by atoms with Crippen LogP contribution in [-0.2, 0) is 11.2 Å². The van der Waals surface area contributed by atoms with Crippen molar-refractivity contribution in [2.24, 2.45) is 5.92 Å². The zero-order valence-electron chi connectivity index (χ0n) is 14.4. The fraction of sp³-hybridized carbons (Fsp3) is 0.412. The molecule has 0 bridgehead atoms. The van der Waals surface area contributed by atoms with E-state index in [1.54, 1.807) is 19.1 Å². The molecule has 2 rings (SSSR count). The number of carboxylic acids is 1. The number of carbonyl (C=O) groups is 2. The lowest BCUT2D eigenvalue weighted by Crippen LogP contribution is -2.45. The Morgan fingerprint density at radius 1 is 1.32 bits per heavy atom. The van der Waals surface area contributed by atoms with E-state index in [0.29, 0.717) is 18.7 Å². The summed E-state index contributed by atoms with van der Waals surface area (Å²) in [4.78, 5) is 27.8. The highest BCUT2D eigenvalue weighted by Gasteiger charge is 2.28. The minimum Gasteiger partial charge on any atom is -0.480 e. The lowest BCUT2D eigenvalue weighted by molar-refractivity contribution is -0.140. The molecule has 8 heteroatoms. The number of hydrogen-bond acceptors (Lipinski definition) is 4. The normalized spacial score (nSPS) is 13.3. The molecule has 1 amide bonds. The van der Waals surface area contributed by atoms with Crippen LogP contribution in [0.4, 0.5) is 4.39 Å². The molecule has 0 spiro atoms. The van der Waals surface area contributed by atoms with Gasteiger partial charge in [0.1, 0.15) is 23.4 Å². The second kappa shape index (κ2) is 7.87. The van der Waals surface area contributed by atoms with Crippen LogP contribution >= 0.6 is 0 Å². The molecule has 0 fully saturated rings. The number of nitrogens with zero attached hydrogens (tertiary/aromatic N) is 3. The summed E-state index contributed by atoms with van der Waals surface area (Å²) in [5.74, 6) is -2.33. The largest absolute Gasteiger partial charge is 0.480 e. The highest BCUT2D eigenvalue weighted by Crippen LogP contribution is 2.15. The molecule has 1 aromatic carbocycles. The Labute approximate surface area is 144 Å². The monoisotopic (exact) mass is 348 g/mol. The van der Waals surface area contributed by atoms with Crippen LogP contribution < -0.4 is 5.32 Å². The number of aromatic nitrogens is 3. The van der Waals surface area contributed by atoms with Gasteiger partial charge in [0.05, 0.1) is 0 Å². The Balaban J connectivity index is 2.33. The highest BCUT2D eigenvalue weighted by atomic mass is 19.1. The SMILES string of the molecule is CCc1nc(C(=O)N[C@H](C(=O)O)[C@@H](C)CC)nn1-c1ccccc1F. The standard InChI is InChI=1S/C17H21FN4O3/c1-4-10(3)14(17(24)25)20-16(23)15-19-13(5-2)22(21-15)12-9-7-6-8-11(12)18/h6-10,14H,4-5H2,1-3H3,(H,20,23)(H,24,25)/t10-,14-/m0/s1. The smallest absolute Gasteiger partial charge is 0.326 e. The Morgan fingerprint density at radius 2 is 2.00 bits per heavy atom. The van der Waals surface area contributed by atoms with E-state index in [4.69, 9.17) is 0 Å². The summed E-state index contributed by atoms with van der Waals surface area (Å²) < 4.78 is 15.3. The summed E-state index contributed by atoms with van der Waals surface area (Å²) in [6.07, 6.45) is 1.02. The number of nitrogens with one attached hydrogen (secondary N) is 1. The molecule has 0 saturated heterocycles. The number of benzene rings is 1.